The maximum atomic E-state index is 13.0. The van der Waals surface area contributed by atoms with E-state index in [1.807, 2.05) is 17.0 Å². The molecule has 0 aliphatic carbocycles. The number of carbonyl (C=O) groups is 1. The van der Waals surface area contributed by atoms with Gasteiger partial charge in [-0.1, -0.05) is 12.1 Å². The summed E-state index contributed by atoms with van der Waals surface area (Å²) in [4.78, 5) is 14.2. The number of hydrogen-bond acceptors (Lipinski definition) is 4. The average Bonchev–Trinajstić information content (AvgIpc) is 2.69. The van der Waals surface area contributed by atoms with Crippen LogP contribution < -0.4 is 10.2 Å². The van der Waals surface area contributed by atoms with Crippen LogP contribution in [0.4, 0.5) is 10.1 Å². The lowest BCUT2D eigenvalue weighted by Crippen LogP contribution is -2.50. The molecule has 6 nitrogen and oxygen atoms in total. The minimum Gasteiger partial charge on any atom is -0.369 e. The molecule has 0 saturated carbocycles. The molecule has 3 rings (SSSR count). The van der Waals surface area contributed by atoms with Crippen LogP contribution in [0.15, 0.2) is 48.5 Å². The molecule has 0 aromatic heterocycles. The van der Waals surface area contributed by atoms with E-state index < -0.39 is 10.0 Å². The van der Waals surface area contributed by atoms with Gasteiger partial charge in [-0.05, 0) is 59.0 Å². The first kappa shape index (κ1) is 21.0. The van der Waals surface area contributed by atoms with E-state index in [0.717, 1.165) is 9.26 Å². The quantitative estimate of drug-likeness (QED) is 0.598. The van der Waals surface area contributed by atoms with E-state index in [0.29, 0.717) is 31.7 Å². The molecular weight excluding hydrogens is 496 g/mol. The Morgan fingerprint density at radius 3 is 2.32 bits per heavy atom. The van der Waals surface area contributed by atoms with Crippen molar-refractivity contribution in [1.29, 1.82) is 0 Å². The van der Waals surface area contributed by atoms with E-state index in [-0.39, 0.29) is 24.0 Å². The second kappa shape index (κ2) is 9.19. The third-order valence-corrected chi connectivity index (χ3v) is 7.40. The van der Waals surface area contributed by atoms with Gasteiger partial charge in [-0.3, -0.25) is 4.79 Å². The highest BCUT2D eigenvalue weighted by Crippen LogP contribution is 2.18. The second-order valence-electron chi connectivity index (χ2n) is 6.41. The van der Waals surface area contributed by atoms with Crippen molar-refractivity contribution in [2.75, 3.05) is 43.4 Å². The molecule has 1 fully saturated rings. The Kier molecular flexibility index (Phi) is 6.89. The van der Waals surface area contributed by atoms with Crippen molar-refractivity contribution in [1.82, 2.24) is 9.62 Å². The summed E-state index contributed by atoms with van der Waals surface area (Å²) in [6.45, 7) is 1.87. The van der Waals surface area contributed by atoms with Gasteiger partial charge in [0.2, 0.25) is 10.0 Å². The molecular formula is C19H21FIN3O3S. The van der Waals surface area contributed by atoms with Crippen LogP contribution in [0.25, 0.3) is 0 Å². The topological polar surface area (TPSA) is 69.7 Å². The molecule has 1 amide bonds. The number of halogens is 2. The summed E-state index contributed by atoms with van der Waals surface area (Å²) in [7, 11) is -3.45. The molecule has 1 aliphatic heterocycles. The molecule has 0 atom stereocenters. The van der Waals surface area contributed by atoms with Gasteiger partial charge in [0, 0.05) is 42.0 Å². The molecule has 150 valence electrons. The number of anilines is 1. The molecule has 1 heterocycles. The predicted octanol–water partition coefficient (Wildman–Crippen LogP) is 2.31. The smallest absolute Gasteiger partial charge is 0.252 e. The van der Waals surface area contributed by atoms with E-state index >= 15 is 0 Å². The Hall–Kier alpha value is -1.72. The molecule has 2 aromatic rings. The fourth-order valence-corrected chi connectivity index (χ4v) is 5.01. The Bertz CT molecular complexity index is 930. The van der Waals surface area contributed by atoms with E-state index in [1.54, 1.807) is 24.3 Å². The van der Waals surface area contributed by atoms with Crippen LogP contribution in [0.1, 0.15) is 10.4 Å². The van der Waals surface area contributed by atoms with E-state index in [4.69, 9.17) is 0 Å². The van der Waals surface area contributed by atoms with Gasteiger partial charge >= 0.3 is 0 Å². The van der Waals surface area contributed by atoms with E-state index in [2.05, 4.69) is 27.9 Å². The number of hydrogen-bond donors (Lipinski definition) is 1. The van der Waals surface area contributed by atoms with Crippen LogP contribution in [0.2, 0.25) is 0 Å². The summed E-state index contributed by atoms with van der Waals surface area (Å²) >= 11 is 2.07. The van der Waals surface area contributed by atoms with Crippen LogP contribution in [-0.4, -0.2) is 57.1 Å². The van der Waals surface area contributed by atoms with Crippen LogP contribution in [0.5, 0.6) is 0 Å². The third kappa shape index (κ3) is 5.21. The van der Waals surface area contributed by atoms with E-state index in [9.17, 15) is 17.6 Å². The van der Waals surface area contributed by atoms with E-state index in [1.165, 1.54) is 16.4 Å². The van der Waals surface area contributed by atoms with Crippen molar-refractivity contribution >= 4 is 44.2 Å². The highest BCUT2D eigenvalue weighted by molar-refractivity contribution is 14.1. The van der Waals surface area contributed by atoms with Gasteiger partial charge in [0.05, 0.1) is 11.3 Å². The van der Waals surface area contributed by atoms with Gasteiger partial charge in [0.1, 0.15) is 5.82 Å². The highest BCUT2D eigenvalue weighted by atomic mass is 127. The van der Waals surface area contributed by atoms with Gasteiger partial charge < -0.3 is 10.2 Å². The molecule has 28 heavy (non-hydrogen) atoms. The summed E-state index contributed by atoms with van der Waals surface area (Å²) in [5.74, 6) is -0.711. The number of sulfonamides is 1. The molecule has 1 saturated heterocycles. The summed E-state index contributed by atoms with van der Waals surface area (Å²) in [6.07, 6.45) is 0. The van der Waals surface area contributed by atoms with Gasteiger partial charge in [0.15, 0.2) is 0 Å². The zero-order chi connectivity index (χ0) is 20.1. The Labute approximate surface area is 177 Å². The van der Waals surface area contributed by atoms with Crippen molar-refractivity contribution in [2.45, 2.75) is 0 Å². The van der Waals surface area contributed by atoms with Gasteiger partial charge in [-0.2, -0.15) is 4.31 Å². The first-order valence-corrected chi connectivity index (χ1v) is 11.6. The van der Waals surface area contributed by atoms with Crippen molar-refractivity contribution < 1.29 is 17.6 Å². The number of nitrogens with zero attached hydrogens (tertiary/aromatic N) is 2. The molecule has 1 N–H and O–H groups in total. The Morgan fingerprint density at radius 1 is 1.04 bits per heavy atom. The fourth-order valence-electron chi connectivity index (χ4n) is 3.04. The molecule has 1 aliphatic rings. The van der Waals surface area contributed by atoms with Crippen LogP contribution in [0, 0.1) is 9.39 Å². The Balaban J connectivity index is 1.49. The zero-order valence-electron chi connectivity index (χ0n) is 15.1. The summed E-state index contributed by atoms with van der Waals surface area (Å²) in [6, 6.07) is 13.3. The molecule has 9 heteroatoms. The molecule has 0 radical (unpaired) electrons. The number of carbonyl (C=O) groups excluding carboxylic acids is 1. The standard InChI is InChI=1S/C19H21FIN3O3S/c20-15-5-7-16(8-6-15)23-10-12-24(13-11-23)28(26,27)14-9-22-19(25)17-3-1-2-4-18(17)21/h1-8H,9-14H2,(H,22,25). The monoisotopic (exact) mass is 517 g/mol. The summed E-state index contributed by atoms with van der Waals surface area (Å²) < 4.78 is 40.4. The van der Waals surface area contributed by atoms with Crippen LogP contribution in [-0.2, 0) is 10.0 Å². The summed E-state index contributed by atoms with van der Waals surface area (Å²) in [5.41, 5.74) is 1.41. The molecule has 0 bridgehead atoms. The third-order valence-electron chi connectivity index (χ3n) is 4.59. The zero-order valence-corrected chi connectivity index (χ0v) is 18.1. The van der Waals surface area contributed by atoms with Crippen molar-refractivity contribution in [2.24, 2.45) is 0 Å². The lowest BCUT2D eigenvalue weighted by Gasteiger charge is -2.35. The van der Waals surface area contributed by atoms with Gasteiger partial charge in [0.25, 0.3) is 5.91 Å². The van der Waals surface area contributed by atoms with Gasteiger partial charge in [-0.25, -0.2) is 12.8 Å². The first-order valence-electron chi connectivity index (χ1n) is 8.88. The lowest BCUT2D eigenvalue weighted by atomic mass is 10.2. The lowest BCUT2D eigenvalue weighted by molar-refractivity contribution is 0.0955. The minimum atomic E-state index is -3.45. The summed E-state index contributed by atoms with van der Waals surface area (Å²) in [5, 5.41) is 2.68. The molecule has 0 unspecified atom stereocenters. The maximum absolute atomic E-state index is 13.0. The van der Waals surface area contributed by atoms with Crippen molar-refractivity contribution in [3.63, 3.8) is 0 Å². The maximum Gasteiger partial charge on any atom is 0.252 e. The average molecular weight is 517 g/mol. The Morgan fingerprint density at radius 2 is 1.68 bits per heavy atom. The van der Waals surface area contributed by atoms with Crippen LogP contribution >= 0.6 is 22.6 Å². The highest BCUT2D eigenvalue weighted by Gasteiger charge is 2.27. The van der Waals surface area contributed by atoms with Crippen molar-refractivity contribution in [3.05, 3.63) is 63.5 Å². The minimum absolute atomic E-state index is 0.0598. The largest absolute Gasteiger partial charge is 0.369 e. The molecule has 0 spiro atoms. The first-order chi connectivity index (χ1) is 13.4. The number of nitrogens with one attached hydrogen (secondary N) is 1. The van der Waals surface area contributed by atoms with Gasteiger partial charge in [-0.15, -0.1) is 0 Å². The van der Waals surface area contributed by atoms with Crippen molar-refractivity contribution in [3.8, 4) is 0 Å². The second-order valence-corrected chi connectivity index (χ2v) is 9.66. The molecule has 2 aromatic carbocycles. The number of benzene rings is 2. The fraction of sp³-hybridized carbons (Fsp3) is 0.316. The number of rotatable bonds is 6. The predicted molar refractivity (Wildman–Crippen MR) is 115 cm³/mol. The van der Waals surface area contributed by atoms with Crippen LogP contribution in [0.3, 0.4) is 0 Å². The normalized spacial score (nSPS) is 15.4. The number of piperazine rings is 1. The SMILES string of the molecule is O=C(NCCS(=O)(=O)N1CCN(c2ccc(F)cc2)CC1)c1ccccc1I. The number of amides is 1.